The van der Waals surface area contributed by atoms with Gasteiger partial charge in [0.05, 0.1) is 32.7 Å². The van der Waals surface area contributed by atoms with Crippen LogP contribution in [0.1, 0.15) is 12.5 Å². The second-order valence-corrected chi connectivity index (χ2v) is 6.87. The van der Waals surface area contributed by atoms with Gasteiger partial charge in [-0.15, -0.1) is 10.2 Å². The van der Waals surface area contributed by atoms with E-state index >= 15 is 0 Å². The number of hydrogen-bond donors (Lipinski definition) is 1. The summed E-state index contributed by atoms with van der Waals surface area (Å²) in [6.45, 7) is 10.0. The summed E-state index contributed by atoms with van der Waals surface area (Å²) in [6, 6.07) is 17.1. The zero-order chi connectivity index (χ0) is 17.2. The van der Waals surface area contributed by atoms with E-state index in [9.17, 15) is 0 Å². The molecule has 0 atom stereocenters. The lowest BCUT2D eigenvalue weighted by Gasteiger charge is -2.32. The predicted octanol–water partition coefficient (Wildman–Crippen LogP) is 2.33. The topological polar surface area (TPSA) is 33.5 Å². The summed E-state index contributed by atoms with van der Waals surface area (Å²) in [6.07, 6.45) is 0. The van der Waals surface area contributed by atoms with Crippen molar-refractivity contribution < 1.29 is 4.90 Å². The lowest BCUT2D eigenvalue weighted by molar-refractivity contribution is -0.898. The first-order chi connectivity index (χ1) is 12.3. The first kappa shape index (κ1) is 16.0. The summed E-state index contributed by atoms with van der Waals surface area (Å²) in [5.41, 5.74) is 3.35. The fourth-order valence-electron chi connectivity index (χ4n) is 3.64. The van der Waals surface area contributed by atoms with Gasteiger partial charge in [0.15, 0.2) is 5.82 Å². The van der Waals surface area contributed by atoms with Crippen LogP contribution in [0.3, 0.4) is 0 Å². The van der Waals surface area contributed by atoms with Crippen molar-refractivity contribution >= 4 is 16.6 Å². The highest BCUT2D eigenvalue weighted by atomic mass is 15.3. The Morgan fingerprint density at radius 1 is 0.920 bits per heavy atom. The molecule has 1 aliphatic rings. The molecule has 0 unspecified atom stereocenters. The van der Waals surface area contributed by atoms with E-state index in [4.69, 9.17) is 0 Å². The van der Waals surface area contributed by atoms with Crippen LogP contribution in [0.4, 0.5) is 5.82 Å². The number of piperazine rings is 1. The summed E-state index contributed by atoms with van der Waals surface area (Å²) < 4.78 is 0. The van der Waals surface area contributed by atoms with Crippen LogP contribution in [-0.4, -0.2) is 42.9 Å². The van der Waals surface area contributed by atoms with Crippen LogP contribution in [-0.2, 0) is 0 Å². The Morgan fingerprint density at radius 2 is 1.60 bits per heavy atom. The maximum Gasteiger partial charge on any atom is 0.159 e. The Balaban J connectivity index is 1.76. The van der Waals surface area contributed by atoms with Crippen molar-refractivity contribution in [2.45, 2.75) is 13.8 Å². The molecule has 0 spiro atoms. The zero-order valence-electron chi connectivity index (χ0n) is 15.0. The third-order valence-corrected chi connectivity index (χ3v) is 5.26. The SMILES string of the molecule is CC[NH+]1CCN(c2nnc(-c3ccc(C)cc3)c3ccccc23)CC1. The van der Waals surface area contributed by atoms with Gasteiger partial charge in [0.2, 0.25) is 0 Å². The number of likely N-dealkylation sites (N-methyl/N-ethyl adjacent to an activating group) is 1. The summed E-state index contributed by atoms with van der Waals surface area (Å²) in [5, 5.41) is 11.7. The van der Waals surface area contributed by atoms with Crippen molar-refractivity contribution in [3.63, 3.8) is 0 Å². The fraction of sp³-hybridized carbons (Fsp3) is 0.333. The van der Waals surface area contributed by atoms with Gasteiger partial charge in [0, 0.05) is 16.3 Å². The minimum absolute atomic E-state index is 0.970. The number of anilines is 1. The van der Waals surface area contributed by atoms with Gasteiger partial charge in [-0.2, -0.15) is 0 Å². The Kier molecular flexibility index (Phi) is 4.36. The first-order valence-corrected chi connectivity index (χ1v) is 9.17. The van der Waals surface area contributed by atoms with Crippen molar-refractivity contribution in [3.05, 3.63) is 54.1 Å². The Morgan fingerprint density at radius 3 is 2.28 bits per heavy atom. The largest absolute Gasteiger partial charge is 0.343 e. The maximum absolute atomic E-state index is 4.65. The Labute approximate surface area is 149 Å². The van der Waals surface area contributed by atoms with Crippen molar-refractivity contribution in [2.24, 2.45) is 0 Å². The summed E-state index contributed by atoms with van der Waals surface area (Å²) >= 11 is 0. The molecule has 2 heterocycles. The zero-order valence-corrected chi connectivity index (χ0v) is 15.0. The molecule has 0 aliphatic carbocycles. The molecule has 2 aromatic carbocycles. The molecule has 0 saturated carbocycles. The summed E-state index contributed by atoms with van der Waals surface area (Å²) in [5.74, 6) is 1.03. The van der Waals surface area contributed by atoms with Gasteiger partial charge < -0.3 is 9.80 Å². The lowest BCUT2D eigenvalue weighted by atomic mass is 10.0. The van der Waals surface area contributed by atoms with E-state index in [0.717, 1.165) is 30.2 Å². The number of nitrogens with one attached hydrogen (secondary N) is 1. The van der Waals surface area contributed by atoms with Crippen LogP contribution >= 0.6 is 0 Å². The second-order valence-electron chi connectivity index (χ2n) is 6.87. The normalized spacial score (nSPS) is 15.7. The summed E-state index contributed by atoms with van der Waals surface area (Å²) in [7, 11) is 0. The van der Waals surface area contributed by atoms with Gasteiger partial charge in [-0.1, -0.05) is 54.1 Å². The van der Waals surface area contributed by atoms with E-state index < -0.39 is 0 Å². The average Bonchev–Trinajstić information content (AvgIpc) is 2.68. The fourth-order valence-corrected chi connectivity index (χ4v) is 3.64. The molecule has 4 nitrogen and oxygen atoms in total. The highest BCUT2D eigenvalue weighted by Gasteiger charge is 2.22. The number of benzene rings is 2. The van der Waals surface area contributed by atoms with Gasteiger partial charge >= 0.3 is 0 Å². The lowest BCUT2D eigenvalue weighted by Crippen LogP contribution is -3.14. The third kappa shape index (κ3) is 3.10. The number of aromatic nitrogens is 2. The van der Waals surface area contributed by atoms with Gasteiger partial charge in [-0.3, -0.25) is 0 Å². The van der Waals surface area contributed by atoms with Crippen LogP contribution in [0.5, 0.6) is 0 Å². The second kappa shape index (κ2) is 6.81. The van der Waals surface area contributed by atoms with Gasteiger partial charge in [-0.05, 0) is 13.8 Å². The molecule has 0 radical (unpaired) electrons. The average molecular weight is 333 g/mol. The molecule has 128 valence electrons. The predicted molar refractivity (Wildman–Crippen MR) is 103 cm³/mol. The van der Waals surface area contributed by atoms with E-state index in [1.54, 1.807) is 4.90 Å². The van der Waals surface area contributed by atoms with Crippen LogP contribution in [0.2, 0.25) is 0 Å². The molecule has 4 rings (SSSR count). The van der Waals surface area contributed by atoms with Crippen LogP contribution in [0.15, 0.2) is 48.5 Å². The number of hydrogen-bond acceptors (Lipinski definition) is 3. The molecule has 1 aliphatic heterocycles. The quantitative estimate of drug-likeness (QED) is 0.799. The van der Waals surface area contributed by atoms with E-state index in [2.05, 4.69) is 77.5 Å². The maximum atomic E-state index is 4.65. The van der Waals surface area contributed by atoms with Crippen molar-refractivity contribution in [1.29, 1.82) is 0 Å². The molecule has 1 fully saturated rings. The molecule has 1 aromatic heterocycles. The smallest absolute Gasteiger partial charge is 0.159 e. The van der Waals surface area contributed by atoms with E-state index in [1.807, 2.05) is 0 Å². The molecule has 3 aromatic rings. The highest BCUT2D eigenvalue weighted by molar-refractivity contribution is 6.00. The van der Waals surface area contributed by atoms with E-state index in [-0.39, 0.29) is 0 Å². The highest BCUT2D eigenvalue weighted by Crippen LogP contribution is 2.31. The molecule has 1 saturated heterocycles. The molecule has 25 heavy (non-hydrogen) atoms. The first-order valence-electron chi connectivity index (χ1n) is 9.17. The van der Waals surface area contributed by atoms with Gasteiger partial charge in [0.25, 0.3) is 0 Å². The van der Waals surface area contributed by atoms with Crippen molar-refractivity contribution in [2.75, 3.05) is 37.6 Å². The molecule has 4 heteroatoms. The van der Waals surface area contributed by atoms with Crippen LogP contribution in [0.25, 0.3) is 22.0 Å². The Hall–Kier alpha value is -2.46. The van der Waals surface area contributed by atoms with Gasteiger partial charge in [0.1, 0.15) is 5.69 Å². The molecule has 1 N–H and O–H groups in total. The molecule has 0 amide bonds. The molecule has 0 bridgehead atoms. The third-order valence-electron chi connectivity index (χ3n) is 5.26. The van der Waals surface area contributed by atoms with Crippen molar-refractivity contribution in [3.8, 4) is 11.3 Å². The Bertz CT molecular complexity index is 865. The standard InChI is InChI=1S/C21H24N4/c1-3-24-12-14-25(15-13-24)21-19-7-5-4-6-18(19)20(22-23-21)17-10-8-16(2)9-11-17/h4-11H,3,12-15H2,1-2H3/p+1. The number of rotatable bonds is 3. The monoisotopic (exact) mass is 333 g/mol. The number of fused-ring (bicyclic) bond motifs is 1. The minimum atomic E-state index is 0.970. The summed E-state index contributed by atoms with van der Waals surface area (Å²) in [4.78, 5) is 4.07. The van der Waals surface area contributed by atoms with Crippen LogP contribution in [0, 0.1) is 6.92 Å². The number of quaternary nitrogens is 1. The van der Waals surface area contributed by atoms with Crippen LogP contribution < -0.4 is 9.80 Å². The molecular weight excluding hydrogens is 308 g/mol. The number of nitrogens with zero attached hydrogens (tertiary/aromatic N) is 3. The minimum Gasteiger partial charge on any atom is -0.343 e. The van der Waals surface area contributed by atoms with E-state index in [1.165, 1.54) is 36.0 Å². The molecular formula is C21H25N4+. The van der Waals surface area contributed by atoms with E-state index in [0.29, 0.717) is 0 Å². The van der Waals surface area contributed by atoms with Gasteiger partial charge in [-0.25, -0.2) is 0 Å². The number of aryl methyl sites for hydroxylation is 1. The van der Waals surface area contributed by atoms with Crippen molar-refractivity contribution in [1.82, 2.24) is 10.2 Å².